The smallest absolute Gasteiger partial charge is 0.148 e. The summed E-state index contributed by atoms with van der Waals surface area (Å²) in [5.41, 5.74) is 1.46. The fourth-order valence-electron chi connectivity index (χ4n) is 0.986. The van der Waals surface area contributed by atoms with E-state index in [-0.39, 0.29) is 0 Å². The average Bonchev–Trinajstić information content (AvgIpc) is 2.08. The molecular formula is C8H3BrCl2N2. The summed E-state index contributed by atoms with van der Waals surface area (Å²) in [6, 6.07) is 3.53. The van der Waals surface area contributed by atoms with E-state index in [1.807, 2.05) is 0 Å². The molecule has 0 atom stereocenters. The van der Waals surface area contributed by atoms with Crippen molar-refractivity contribution in [1.82, 2.24) is 9.97 Å². The van der Waals surface area contributed by atoms with Crippen LogP contribution in [0.3, 0.4) is 0 Å². The van der Waals surface area contributed by atoms with Gasteiger partial charge in [-0.25, -0.2) is 4.98 Å². The van der Waals surface area contributed by atoms with Gasteiger partial charge in [0.1, 0.15) is 5.15 Å². The van der Waals surface area contributed by atoms with E-state index in [1.165, 1.54) is 6.20 Å². The standard InChI is InChI=1S/C8H3BrCl2N2/c9-4-1-6-7(2-5(4)10)13-8(11)3-12-6/h1-3H. The number of hydrogen-bond donors (Lipinski definition) is 0. The van der Waals surface area contributed by atoms with Gasteiger partial charge in [0.25, 0.3) is 0 Å². The summed E-state index contributed by atoms with van der Waals surface area (Å²) in [6.45, 7) is 0. The first-order valence-corrected chi connectivity index (χ1v) is 4.99. The Kier molecular flexibility index (Phi) is 2.41. The summed E-state index contributed by atoms with van der Waals surface area (Å²) in [7, 11) is 0. The van der Waals surface area contributed by atoms with Gasteiger partial charge in [0.2, 0.25) is 0 Å². The lowest BCUT2D eigenvalue weighted by Gasteiger charge is -1.99. The molecule has 2 nitrogen and oxygen atoms in total. The highest BCUT2D eigenvalue weighted by Crippen LogP contribution is 2.26. The van der Waals surface area contributed by atoms with Crippen molar-refractivity contribution in [2.45, 2.75) is 0 Å². The average molecular weight is 278 g/mol. The van der Waals surface area contributed by atoms with Gasteiger partial charge in [-0.3, -0.25) is 4.98 Å². The molecule has 0 radical (unpaired) electrons. The zero-order chi connectivity index (χ0) is 9.42. The lowest BCUT2D eigenvalue weighted by molar-refractivity contribution is 1.29. The van der Waals surface area contributed by atoms with Gasteiger partial charge in [-0.15, -0.1) is 0 Å². The first-order chi connectivity index (χ1) is 6.16. The highest BCUT2D eigenvalue weighted by molar-refractivity contribution is 9.10. The summed E-state index contributed by atoms with van der Waals surface area (Å²) < 4.78 is 0.804. The second kappa shape index (κ2) is 3.40. The summed E-state index contributed by atoms with van der Waals surface area (Å²) in [5, 5.41) is 0.968. The Hall–Kier alpha value is -0.380. The maximum Gasteiger partial charge on any atom is 0.148 e. The lowest BCUT2D eigenvalue weighted by Crippen LogP contribution is -1.84. The van der Waals surface area contributed by atoms with Crippen LogP contribution in [0.1, 0.15) is 0 Å². The lowest BCUT2D eigenvalue weighted by atomic mass is 10.3. The number of fused-ring (bicyclic) bond motifs is 1. The molecule has 0 N–H and O–H groups in total. The molecule has 0 aliphatic carbocycles. The minimum atomic E-state index is 0.367. The van der Waals surface area contributed by atoms with Crippen LogP contribution < -0.4 is 0 Å². The zero-order valence-corrected chi connectivity index (χ0v) is 9.36. The van der Waals surface area contributed by atoms with E-state index in [1.54, 1.807) is 12.1 Å². The number of aromatic nitrogens is 2. The molecule has 1 aromatic heterocycles. The maximum absolute atomic E-state index is 5.88. The molecule has 1 heterocycles. The van der Waals surface area contributed by atoms with Crippen LogP contribution >= 0.6 is 39.1 Å². The van der Waals surface area contributed by atoms with Crippen molar-refractivity contribution in [3.05, 3.63) is 33.0 Å². The van der Waals surface area contributed by atoms with Crippen molar-refractivity contribution in [2.75, 3.05) is 0 Å². The molecule has 0 bridgehead atoms. The number of benzene rings is 1. The minimum absolute atomic E-state index is 0.367. The molecule has 66 valence electrons. The molecule has 13 heavy (non-hydrogen) atoms. The summed E-state index contributed by atoms with van der Waals surface area (Å²) in [5.74, 6) is 0. The van der Waals surface area contributed by atoms with Crippen molar-refractivity contribution in [2.24, 2.45) is 0 Å². The van der Waals surface area contributed by atoms with Gasteiger partial charge in [-0.2, -0.15) is 0 Å². The predicted molar refractivity (Wildman–Crippen MR) is 57.3 cm³/mol. The second-order valence-electron chi connectivity index (χ2n) is 2.45. The van der Waals surface area contributed by atoms with E-state index < -0.39 is 0 Å². The zero-order valence-electron chi connectivity index (χ0n) is 6.26. The van der Waals surface area contributed by atoms with E-state index in [2.05, 4.69) is 25.9 Å². The third-order valence-electron chi connectivity index (χ3n) is 1.55. The Morgan fingerprint density at radius 2 is 1.92 bits per heavy atom. The first-order valence-electron chi connectivity index (χ1n) is 3.44. The third-order valence-corrected chi connectivity index (χ3v) is 2.93. The minimum Gasteiger partial charge on any atom is -0.251 e. The SMILES string of the molecule is Clc1cnc2cc(Br)c(Cl)cc2n1. The van der Waals surface area contributed by atoms with Gasteiger partial charge in [0, 0.05) is 4.47 Å². The molecule has 0 amide bonds. The molecule has 0 unspecified atom stereocenters. The predicted octanol–water partition coefficient (Wildman–Crippen LogP) is 3.70. The highest BCUT2D eigenvalue weighted by atomic mass is 79.9. The van der Waals surface area contributed by atoms with Crippen LogP contribution in [0.15, 0.2) is 22.8 Å². The molecule has 0 spiro atoms. The molecule has 0 aliphatic heterocycles. The fraction of sp³-hybridized carbons (Fsp3) is 0. The van der Waals surface area contributed by atoms with E-state index >= 15 is 0 Å². The van der Waals surface area contributed by atoms with Crippen LogP contribution in [0.5, 0.6) is 0 Å². The van der Waals surface area contributed by atoms with Crippen LogP contribution in [0.2, 0.25) is 10.2 Å². The normalized spacial score (nSPS) is 10.7. The number of hydrogen-bond acceptors (Lipinski definition) is 2. The quantitative estimate of drug-likeness (QED) is 0.734. The van der Waals surface area contributed by atoms with Gasteiger partial charge in [-0.1, -0.05) is 23.2 Å². The molecule has 0 fully saturated rings. The first kappa shape index (κ1) is 9.19. The highest BCUT2D eigenvalue weighted by Gasteiger charge is 2.02. The van der Waals surface area contributed by atoms with Crippen molar-refractivity contribution in [3.8, 4) is 0 Å². The summed E-state index contributed by atoms with van der Waals surface area (Å²) in [4.78, 5) is 8.17. The van der Waals surface area contributed by atoms with Gasteiger partial charge in [0.05, 0.1) is 22.3 Å². The number of rotatable bonds is 0. The molecule has 0 saturated heterocycles. The monoisotopic (exact) mass is 276 g/mol. The molecule has 2 aromatic rings. The van der Waals surface area contributed by atoms with Gasteiger partial charge >= 0.3 is 0 Å². The Labute approximate surface area is 93.0 Å². The molecular weight excluding hydrogens is 275 g/mol. The van der Waals surface area contributed by atoms with Crippen molar-refractivity contribution < 1.29 is 0 Å². The van der Waals surface area contributed by atoms with E-state index in [4.69, 9.17) is 23.2 Å². The Morgan fingerprint density at radius 1 is 1.15 bits per heavy atom. The van der Waals surface area contributed by atoms with Crippen LogP contribution in [0.4, 0.5) is 0 Å². The van der Waals surface area contributed by atoms with Crippen LogP contribution in [0, 0.1) is 0 Å². The molecule has 0 aliphatic rings. The molecule has 2 rings (SSSR count). The van der Waals surface area contributed by atoms with Crippen LogP contribution in [0.25, 0.3) is 11.0 Å². The van der Waals surface area contributed by atoms with E-state index in [0.717, 1.165) is 9.99 Å². The Bertz CT molecular complexity index is 473. The Balaban J connectivity index is 2.81. The Morgan fingerprint density at radius 3 is 2.69 bits per heavy atom. The topological polar surface area (TPSA) is 25.8 Å². The van der Waals surface area contributed by atoms with Crippen molar-refractivity contribution >= 4 is 50.2 Å². The third kappa shape index (κ3) is 1.77. The second-order valence-corrected chi connectivity index (χ2v) is 4.10. The van der Waals surface area contributed by atoms with Crippen LogP contribution in [-0.4, -0.2) is 9.97 Å². The number of halogens is 3. The van der Waals surface area contributed by atoms with E-state index in [9.17, 15) is 0 Å². The van der Waals surface area contributed by atoms with Crippen molar-refractivity contribution in [3.63, 3.8) is 0 Å². The van der Waals surface area contributed by atoms with Crippen LogP contribution in [-0.2, 0) is 0 Å². The number of nitrogens with zero attached hydrogens (tertiary/aromatic N) is 2. The summed E-state index contributed by atoms with van der Waals surface area (Å²) >= 11 is 14.9. The molecule has 5 heteroatoms. The van der Waals surface area contributed by atoms with Crippen molar-refractivity contribution in [1.29, 1.82) is 0 Å². The fourth-order valence-corrected chi connectivity index (χ4v) is 1.61. The maximum atomic E-state index is 5.88. The summed E-state index contributed by atoms with van der Waals surface area (Å²) in [6.07, 6.45) is 1.50. The van der Waals surface area contributed by atoms with E-state index in [0.29, 0.717) is 15.7 Å². The van der Waals surface area contributed by atoms with Gasteiger partial charge in [0.15, 0.2) is 0 Å². The largest absolute Gasteiger partial charge is 0.251 e. The molecule has 1 aromatic carbocycles. The van der Waals surface area contributed by atoms with Gasteiger partial charge in [-0.05, 0) is 28.1 Å². The molecule has 0 saturated carbocycles. The van der Waals surface area contributed by atoms with Gasteiger partial charge < -0.3 is 0 Å².